The molecule has 206 valence electrons. The highest BCUT2D eigenvalue weighted by atomic mass is 79.9. The van der Waals surface area contributed by atoms with E-state index in [-0.39, 0.29) is 18.1 Å². The third kappa shape index (κ3) is 6.72. The second-order valence-electron chi connectivity index (χ2n) is 8.45. The van der Waals surface area contributed by atoms with Crippen molar-refractivity contribution in [3.8, 4) is 11.5 Å². The van der Waals surface area contributed by atoms with Crippen molar-refractivity contribution < 1.29 is 33.7 Å². The molecule has 0 radical (unpaired) electrons. The van der Waals surface area contributed by atoms with Crippen molar-refractivity contribution in [2.24, 2.45) is 4.99 Å². The summed E-state index contributed by atoms with van der Waals surface area (Å²) in [5.74, 6) is -0.626. The van der Waals surface area contributed by atoms with Crippen LogP contribution in [0.4, 0.5) is 5.69 Å². The number of nitrogens with zero attached hydrogens (tertiary/aromatic N) is 2. The van der Waals surface area contributed by atoms with Crippen LogP contribution in [0, 0.1) is 0 Å². The molecular formula is C29H25BrN2O7S. The average Bonchev–Trinajstić information content (AvgIpc) is 3.21. The number of amides is 1. The van der Waals surface area contributed by atoms with Gasteiger partial charge in [-0.25, -0.2) is 14.6 Å². The van der Waals surface area contributed by atoms with Crippen molar-refractivity contribution >= 4 is 62.5 Å². The first-order valence-corrected chi connectivity index (χ1v) is 13.7. The van der Waals surface area contributed by atoms with Crippen LogP contribution < -0.4 is 9.47 Å². The SMILES string of the molecule is CCOc1cc(/C=C2\SC(=Nc3ccc(C(=O)OC)cc3)N(C)C2=O)c(Br)cc1OCc1ccc(C(=O)O)cc1. The number of rotatable bonds is 9. The van der Waals surface area contributed by atoms with E-state index in [1.807, 2.05) is 6.92 Å². The minimum atomic E-state index is -0.988. The normalized spacial score (nSPS) is 15.0. The standard InChI is InChI=1S/C29H25BrN2O7S/c1-4-38-23-13-20(22(30)15-24(23)39-16-17-5-7-18(8-6-17)27(34)35)14-25-26(33)32(2)29(40-25)31-21-11-9-19(10-12-21)28(36)37-3/h5-15H,4,16H2,1-3H3,(H,34,35)/b25-14-,31-29?. The molecule has 1 N–H and O–H groups in total. The minimum Gasteiger partial charge on any atom is -0.490 e. The van der Waals surface area contributed by atoms with E-state index in [9.17, 15) is 14.4 Å². The smallest absolute Gasteiger partial charge is 0.337 e. The summed E-state index contributed by atoms with van der Waals surface area (Å²) >= 11 is 4.81. The summed E-state index contributed by atoms with van der Waals surface area (Å²) in [6.07, 6.45) is 1.76. The second-order valence-corrected chi connectivity index (χ2v) is 10.3. The van der Waals surface area contributed by atoms with Crippen molar-refractivity contribution in [3.05, 3.63) is 92.3 Å². The number of hydrogen-bond acceptors (Lipinski definition) is 8. The number of methoxy groups -OCH3 is 1. The third-order valence-electron chi connectivity index (χ3n) is 5.76. The van der Waals surface area contributed by atoms with Gasteiger partial charge in [0.25, 0.3) is 5.91 Å². The van der Waals surface area contributed by atoms with Crippen molar-refractivity contribution in [2.45, 2.75) is 13.5 Å². The number of benzene rings is 3. The van der Waals surface area contributed by atoms with Gasteiger partial charge in [-0.2, -0.15) is 0 Å². The van der Waals surface area contributed by atoms with Crippen LogP contribution in [0.2, 0.25) is 0 Å². The molecule has 0 saturated carbocycles. The van der Waals surface area contributed by atoms with E-state index in [1.165, 1.54) is 35.9 Å². The fourth-order valence-corrected chi connectivity index (χ4v) is 5.05. The Morgan fingerprint density at radius 3 is 2.30 bits per heavy atom. The fraction of sp³-hybridized carbons (Fsp3) is 0.172. The predicted octanol–water partition coefficient (Wildman–Crippen LogP) is 6.15. The first kappa shape index (κ1) is 28.9. The molecule has 3 aromatic carbocycles. The number of carbonyl (C=O) groups is 3. The molecule has 1 heterocycles. The molecule has 0 unspecified atom stereocenters. The number of amidine groups is 1. The van der Waals surface area contributed by atoms with Crippen LogP contribution in [0.5, 0.6) is 11.5 Å². The van der Waals surface area contributed by atoms with Gasteiger partial charge in [-0.05, 0) is 84.4 Å². The lowest BCUT2D eigenvalue weighted by molar-refractivity contribution is -0.121. The molecule has 0 atom stereocenters. The Balaban J connectivity index is 1.54. The molecule has 11 heteroatoms. The maximum atomic E-state index is 13.0. The summed E-state index contributed by atoms with van der Waals surface area (Å²) in [5.41, 5.74) is 2.73. The van der Waals surface area contributed by atoms with Crippen LogP contribution in [0.25, 0.3) is 6.08 Å². The monoisotopic (exact) mass is 624 g/mol. The maximum absolute atomic E-state index is 13.0. The number of aromatic carboxylic acids is 1. The van der Waals surface area contributed by atoms with Gasteiger partial charge in [0.15, 0.2) is 16.7 Å². The first-order valence-electron chi connectivity index (χ1n) is 12.1. The number of esters is 1. The molecule has 0 aromatic heterocycles. The molecule has 1 fully saturated rings. The van der Waals surface area contributed by atoms with Gasteiger partial charge in [0.1, 0.15) is 6.61 Å². The van der Waals surface area contributed by atoms with Gasteiger partial charge >= 0.3 is 11.9 Å². The molecule has 40 heavy (non-hydrogen) atoms. The van der Waals surface area contributed by atoms with Crippen LogP contribution in [0.1, 0.15) is 38.8 Å². The molecule has 1 amide bonds. The maximum Gasteiger partial charge on any atom is 0.337 e. The lowest BCUT2D eigenvalue weighted by atomic mass is 10.1. The first-order chi connectivity index (χ1) is 19.2. The molecule has 9 nitrogen and oxygen atoms in total. The number of aliphatic imine (C=N–C) groups is 1. The molecule has 3 aromatic rings. The molecule has 4 rings (SSSR count). The molecule has 1 aliphatic rings. The lowest BCUT2D eigenvalue weighted by Crippen LogP contribution is -2.23. The summed E-state index contributed by atoms with van der Waals surface area (Å²) in [7, 11) is 2.97. The Kier molecular flexibility index (Phi) is 9.28. The highest BCUT2D eigenvalue weighted by molar-refractivity contribution is 9.10. The summed E-state index contributed by atoms with van der Waals surface area (Å²) in [4.78, 5) is 42.2. The summed E-state index contributed by atoms with van der Waals surface area (Å²) in [5, 5.41) is 9.58. The van der Waals surface area contributed by atoms with Crippen LogP contribution in [0.15, 0.2) is 75.0 Å². The van der Waals surface area contributed by atoms with E-state index in [2.05, 4.69) is 20.9 Å². The van der Waals surface area contributed by atoms with E-state index in [1.54, 1.807) is 61.7 Å². The van der Waals surface area contributed by atoms with Crippen molar-refractivity contribution in [1.29, 1.82) is 0 Å². The molecule has 1 aliphatic heterocycles. The Hall–Kier alpha value is -4.09. The number of carbonyl (C=O) groups excluding carboxylic acids is 2. The number of hydrogen-bond donors (Lipinski definition) is 1. The number of halogens is 1. The molecule has 0 aliphatic carbocycles. The van der Waals surface area contributed by atoms with Crippen molar-refractivity contribution in [2.75, 3.05) is 20.8 Å². The van der Waals surface area contributed by atoms with E-state index >= 15 is 0 Å². The Labute approximate surface area is 243 Å². The Morgan fingerprint density at radius 2 is 1.68 bits per heavy atom. The van der Waals surface area contributed by atoms with Crippen molar-refractivity contribution in [3.63, 3.8) is 0 Å². The fourth-order valence-electron chi connectivity index (χ4n) is 3.64. The highest BCUT2D eigenvalue weighted by Crippen LogP contribution is 2.38. The Morgan fingerprint density at radius 1 is 1.02 bits per heavy atom. The van der Waals surface area contributed by atoms with E-state index in [0.717, 1.165) is 11.1 Å². The predicted molar refractivity (Wildman–Crippen MR) is 156 cm³/mol. The summed E-state index contributed by atoms with van der Waals surface area (Å²) in [6, 6.07) is 16.6. The molecule has 1 saturated heterocycles. The molecule has 0 spiro atoms. The zero-order valence-electron chi connectivity index (χ0n) is 21.8. The van der Waals surface area contributed by atoms with Crippen LogP contribution in [-0.2, 0) is 16.1 Å². The van der Waals surface area contributed by atoms with Crippen LogP contribution in [0.3, 0.4) is 0 Å². The van der Waals surface area contributed by atoms with Gasteiger partial charge in [0.2, 0.25) is 0 Å². The van der Waals surface area contributed by atoms with E-state index in [0.29, 0.717) is 43.9 Å². The summed E-state index contributed by atoms with van der Waals surface area (Å²) < 4.78 is 17.2. The number of thioether (sulfide) groups is 1. The average molecular weight is 625 g/mol. The number of carboxylic acids is 1. The zero-order valence-corrected chi connectivity index (χ0v) is 24.2. The second kappa shape index (κ2) is 12.8. The zero-order chi connectivity index (χ0) is 28.8. The van der Waals surface area contributed by atoms with Gasteiger partial charge in [-0.3, -0.25) is 9.69 Å². The van der Waals surface area contributed by atoms with Gasteiger partial charge in [-0.1, -0.05) is 28.1 Å². The van der Waals surface area contributed by atoms with Crippen molar-refractivity contribution in [1.82, 2.24) is 4.90 Å². The van der Waals surface area contributed by atoms with Gasteiger partial charge in [-0.15, -0.1) is 0 Å². The Bertz CT molecular complexity index is 1500. The molecule has 0 bridgehead atoms. The van der Waals surface area contributed by atoms with Gasteiger partial charge in [0.05, 0.1) is 35.4 Å². The van der Waals surface area contributed by atoms with Crippen LogP contribution >= 0.6 is 27.7 Å². The quantitative estimate of drug-likeness (QED) is 0.223. The van der Waals surface area contributed by atoms with E-state index < -0.39 is 11.9 Å². The lowest BCUT2D eigenvalue weighted by Gasteiger charge is -2.14. The highest BCUT2D eigenvalue weighted by Gasteiger charge is 2.30. The number of ether oxygens (including phenoxy) is 3. The number of carboxylic acid groups (broad SMARTS) is 1. The van der Waals surface area contributed by atoms with Crippen LogP contribution in [-0.4, -0.2) is 53.8 Å². The number of likely N-dealkylation sites (N-methyl/N-ethyl adjacent to an activating group) is 1. The topological polar surface area (TPSA) is 115 Å². The van der Waals surface area contributed by atoms with Gasteiger partial charge in [0, 0.05) is 11.5 Å². The minimum absolute atomic E-state index is 0.202. The third-order valence-corrected chi connectivity index (χ3v) is 7.51. The van der Waals surface area contributed by atoms with E-state index in [4.69, 9.17) is 19.3 Å². The summed E-state index contributed by atoms with van der Waals surface area (Å²) in [6.45, 7) is 2.48. The largest absolute Gasteiger partial charge is 0.490 e. The molecular weight excluding hydrogens is 600 g/mol. The van der Waals surface area contributed by atoms with Gasteiger partial charge < -0.3 is 19.3 Å².